The summed E-state index contributed by atoms with van der Waals surface area (Å²) in [4.78, 5) is 2.58. The Morgan fingerprint density at radius 3 is 1.47 bits per heavy atom. The summed E-state index contributed by atoms with van der Waals surface area (Å²) in [5, 5.41) is 0. The molecule has 19 heavy (non-hydrogen) atoms. The molecule has 1 aliphatic rings. The Morgan fingerprint density at radius 1 is 0.789 bits per heavy atom. The van der Waals surface area contributed by atoms with E-state index < -0.39 is 0 Å². The molecule has 0 radical (unpaired) electrons. The Balaban J connectivity index is 2.64. The van der Waals surface area contributed by atoms with Crippen molar-refractivity contribution >= 4 is 0 Å². The van der Waals surface area contributed by atoms with Crippen molar-refractivity contribution in [3.63, 3.8) is 0 Å². The molecule has 106 valence electrons. The largest absolute Gasteiger partial charge is 0.294 e. The lowest BCUT2D eigenvalue weighted by atomic mass is 9.84. The maximum atomic E-state index is 2.58. The monoisotopic (exact) mass is 259 g/mol. The molecular weight excluding hydrogens is 230 g/mol. The van der Waals surface area contributed by atoms with Crippen molar-refractivity contribution in [2.75, 3.05) is 7.05 Å². The number of nitrogens with zero attached hydrogens (tertiary/aromatic N) is 1. The van der Waals surface area contributed by atoms with Gasteiger partial charge >= 0.3 is 0 Å². The molecule has 1 aliphatic carbocycles. The third-order valence-electron chi connectivity index (χ3n) is 5.64. The van der Waals surface area contributed by atoms with Crippen LogP contribution in [0.25, 0.3) is 0 Å². The fourth-order valence-corrected chi connectivity index (χ4v) is 3.59. The Bertz CT molecular complexity index is 478. The summed E-state index contributed by atoms with van der Waals surface area (Å²) in [6, 6.07) is 0.600. The maximum absolute atomic E-state index is 2.58. The quantitative estimate of drug-likeness (QED) is 0.769. The zero-order valence-corrected chi connectivity index (χ0v) is 13.9. The number of rotatable bonds is 3. The van der Waals surface area contributed by atoms with Crippen LogP contribution in [0, 0.1) is 34.6 Å². The minimum atomic E-state index is 0.311. The maximum Gasteiger partial charge on any atom is 0.0467 e. The number of hydrogen-bond acceptors (Lipinski definition) is 1. The molecular formula is C18H29N. The van der Waals surface area contributed by atoms with Gasteiger partial charge in [-0.15, -0.1) is 0 Å². The van der Waals surface area contributed by atoms with E-state index in [1.54, 1.807) is 5.56 Å². The Kier molecular flexibility index (Phi) is 3.55. The summed E-state index contributed by atoms with van der Waals surface area (Å²) < 4.78 is 0. The second kappa shape index (κ2) is 4.63. The summed E-state index contributed by atoms with van der Waals surface area (Å²) in [7, 11) is 2.29. The zero-order valence-electron chi connectivity index (χ0n) is 13.9. The highest BCUT2D eigenvalue weighted by Crippen LogP contribution is 2.54. The van der Waals surface area contributed by atoms with Crippen molar-refractivity contribution in [3.05, 3.63) is 33.4 Å². The molecule has 1 heteroatoms. The lowest BCUT2D eigenvalue weighted by Crippen LogP contribution is -2.38. The second-order valence-electron chi connectivity index (χ2n) is 6.74. The summed E-state index contributed by atoms with van der Waals surface area (Å²) in [5.74, 6) is 0. The van der Waals surface area contributed by atoms with Gasteiger partial charge in [0, 0.05) is 11.6 Å². The molecule has 0 spiro atoms. The van der Waals surface area contributed by atoms with Gasteiger partial charge in [-0.3, -0.25) is 4.90 Å². The van der Waals surface area contributed by atoms with Gasteiger partial charge in [-0.25, -0.2) is 0 Å². The average Bonchev–Trinajstić information content (AvgIpc) is 3.14. The summed E-state index contributed by atoms with van der Waals surface area (Å²) in [6.07, 6.45) is 2.62. The van der Waals surface area contributed by atoms with Gasteiger partial charge in [-0.2, -0.15) is 0 Å². The second-order valence-corrected chi connectivity index (χ2v) is 6.74. The highest BCUT2D eigenvalue weighted by Gasteiger charge is 2.50. The van der Waals surface area contributed by atoms with Gasteiger partial charge in [0.05, 0.1) is 0 Å². The number of hydrogen-bond donors (Lipinski definition) is 0. The van der Waals surface area contributed by atoms with Crippen molar-refractivity contribution < 1.29 is 0 Å². The van der Waals surface area contributed by atoms with Gasteiger partial charge in [0.1, 0.15) is 0 Å². The first kappa shape index (κ1) is 14.6. The SMILES string of the molecule is Cc1c(C)c(C)c(C2(N(C)C(C)C)CC2)c(C)c1C. The topological polar surface area (TPSA) is 3.24 Å². The molecule has 0 heterocycles. The summed E-state index contributed by atoms with van der Waals surface area (Å²) in [5.41, 5.74) is 9.41. The minimum absolute atomic E-state index is 0.311. The molecule has 0 aromatic heterocycles. The Hall–Kier alpha value is -0.820. The van der Waals surface area contributed by atoms with Crippen LogP contribution in [0.4, 0.5) is 0 Å². The van der Waals surface area contributed by atoms with Gasteiger partial charge < -0.3 is 0 Å². The first-order valence-corrected chi connectivity index (χ1v) is 7.54. The molecule has 1 saturated carbocycles. The van der Waals surface area contributed by atoms with E-state index in [1.165, 1.54) is 40.7 Å². The van der Waals surface area contributed by atoms with Crippen LogP contribution in [-0.4, -0.2) is 18.0 Å². The molecule has 0 bridgehead atoms. The summed E-state index contributed by atoms with van der Waals surface area (Å²) >= 11 is 0. The molecule has 0 unspecified atom stereocenters. The standard InChI is InChI=1S/C18H29N/c1-11(2)19(8)18(9-10-18)17-15(6)13(4)12(3)14(5)16(17)7/h11H,9-10H2,1-8H3. The zero-order chi connectivity index (χ0) is 14.5. The van der Waals surface area contributed by atoms with Crippen LogP contribution in [0.1, 0.15) is 60.1 Å². The van der Waals surface area contributed by atoms with Crippen molar-refractivity contribution in [2.24, 2.45) is 0 Å². The van der Waals surface area contributed by atoms with Crippen LogP contribution in [0.15, 0.2) is 0 Å². The third kappa shape index (κ3) is 2.03. The van der Waals surface area contributed by atoms with E-state index in [0.29, 0.717) is 11.6 Å². The van der Waals surface area contributed by atoms with Crippen molar-refractivity contribution in [1.29, 1.82) is 0 Å². The lowest BCUT2D eigenvalue weighted by molar-refractivity contribution is 0.174. The Morgan fingerprint density at radius 2 is 1.16 bits per heavy atom. The van der Waals surface area contributed by atoms with Crippen LogP contribution in [0.2, 0.25) is 0 Å². The predicted octanol–water partition coefficient (Wildman–Crippen LogP) is 4.56. The van der Waals surface area contributed by atoms with Gasteiger partial charge in [0.25, 0.3) is 0 Å². The molecule has 1 aromatic carbocycles. The highest BCUT2D eigenvalue weighted by atomic mass is 15.2. The third-order valence-corrected chi connectivity index (χ3v) is 5.64. The van der Waals surface area contributed by atoms with Crippen molar-refractivity contribution in [2.45, 2.75) is 72.9 Å². The van der Waals surface area contributed by atoms with E-state index >= 15 is 0 Å². The average molecular weight is 259 g/mol. The predicted molar refractivity (Wildman–Crippen MR) is 83.9 cm³/mol. The van der Waals surface area contributed by atoms with Gasteiger partial charge in [-0.05, 0) is 102 Å². The van der Waals surface area contributed by atoms with Gasteiger partial charge in [-0.1, -0.05) is 0 Å². The smallest absolute Gasteiger partial charge is 0.0467 e. The molecule has 1 aromatic rings. The van der Waals surface area contributed by atoms with Crippen LogP contribution in [0.5, 0.6) is 0 Å². The summed E-state index contributed by atoms with van der Waals surface area (Å²) in [6.45, 7) is 16.1. The fraction of sp³-hybridized carbons (Fsp3) is 0.667. The molecule has 0 amide bonds. The lowest BCUT2D eigenvalue weighted by Gasteiger charge is -2.35. The van der Waals surface area contributed by atoms with Crippen LogP contribution >= 0.6 is 0 Å². The molecule has 1 nitrogen and oxygen atoms in total. The van der Waals surface area contributed by atoms with E-state index in [4.69, 9.17) is 0 Å². The first-order valence-electron chi connectivity index (χ1n) is 7.54. The molecule has 0 atom stereocenters. The first-order chi connectivity index (χ1) is 8.74. The van der Waals surface area contributed by atoms with E-state index in [2.05, 4.69) is 60.4 Å². The van der Waals surface area contributed by atoms with Crippen molar-refractivity contribution in [3.8, 4) is 0 Å². The van der Waals surface area contributed by atoms with E-state index in [0.717, 1.165) is 0 Å². The van der Waals surface area contributed by atoms with Gasteiger partial charge in [0.15, 0.2) is 0 Å². The van der Waals surface area contributed by atoms with E-state index in [9.17, 15) is 0 Å². The number of benzene rings is 1. The van der Waals surface area contributed by atoms with E-state index in [1.807, 2.05) is 0 Å². The molecule has 2 rings (SSSR count). The van der Waals surface area contributed by atoms with Crippen LogP contribution in [0.3, 0.4) is 0 Å². The minimum Gasteiger partial charge on any atom is -0.294 e. The molecule has 0 aliphatic heterocycles. The molecule has 0 N–H and O–H groups in total. The van der Waals surface area contributed by atoms with E-state index in [-0.39, 0.29) is 0 Å². The highest BCUT2D eigenvalue weighted by molar-refractivity contribution is 5.54. The van der Waals surface area contributed by atoms with Crippen molar-refractivity contribution in [1.82, 2.24) is 4.90 Å². The normalized spacial score (nSPS) is 17.4. The van der Waals surface area contributed by atoms with Gasteiger partial charge in [0.2, 0.25) is 0 Å². The van der Waals surface area contributed by atoms with Crippen LogP contribution < -0.4 is 0 Å². The van der Waals surface area contributed by atoms with Crippen LogP contribution in [-0.2, 0) is 5.54 Å². The Labute approximate surface area is 119 Å². The fourth-order valence-electron chi connectivity index (χ4n) is 3.59. The molecule has 0 saturated heterocycles. The molecule has 1 fully saturated rings.